The van der Waals surface area contributed by atoms with Crippen LogP contribution in [0.5, 0.6) is 5.75 Å². The first-order chi connectivity index (χ1) is 17.5. The van der Waals surface area contributed by atoms with Crippen molar-refractivity contribution in [3.8, 4) is 5.75 Å². The maximum Gasteiger partial charge on any atom is 0.324 e. The molecule has 1 N–H and O–H groups in total. The summed E-state index contributed by atoms with van der Waals surface area (Å²) >= 11 is 0. The normalized spacial score (nSPS) is 24.8. The van der Waals surface area contributed by atoms with E-state index in [0.717, 1.165) is 43.7 Å². The number of urea groups is 1. The van der Waals surface area contributed by atoms with Crippen LogP contribution in [0, 0.1) is 17.8 Å². The van der Waals surface area contributed by atoms with Gasteiger partial charge in [0.05, 0.1) is 19.6 Å². The van der Waals surface area contributed by atoms with E-state index in [1.807, 2.05) is 35.2 Å². The van der Waals surface area contributed by atoms with E-state index in [4.69, 9.17) is 4.74 Å². The van der Waals surface area contributed by atoms with Gasteiger partial charge in [0, 0.05) is 25.0 Å². The van der Waals surface area contributed by atoms with Crippen LogP contribution < -0.4 is 10.1 Å². The number of benzene rings is 2. The highest BCUT2D eigenvalue weighted by atomic mass is 16.5. The Morgan fingerprint density at radius 3 is 2.36 bits per heavy atom. The van der Waals surface area contributed by atoms with Crippen molar-refractivity contribution in [1.82, 2.24) is 15.1 Å². The molecule has 5 rings (SSSR count). The molecule has 7 nitrogen and oxygen atoms in total. The number of nitrogens with zero attached hydrogens (tertiary/aromatic N) is 2. The molecular weight excluding hydrogens is 454 g/mol. The molecule has 190 valence electrons. The Bertz CT molecular complexity index is 1080. The summed E-state index contributed by atoms with van der Waals surface area (Å²) in [5, 5.41) is 3.03. The van der Waals surface area contributed by atoms with E-state index in [1.54, 1.807) is 7.11 Å². The third-order valence-corrected chi connectivity index (χ3v) is 8.13. The van der Waals surface area contributed by atoms with Crippen molar-refractivity contribution in [2.75, 3.05) is 20.2 Å². The van der Waals surface area contributed by atoms with Crippen molar-refractivity contribution >= 4 is 17.8 Å². The first-order valence-electron chi connectivity index (χ1n) is 13.1. The van der Waals surface area contributed by atoms with Crippen molar-refractivity contribution < 1.29 is 19.1 Å². The minimum Gasteiger partial charge on any atom is -0.497 e. The minimum atomic E-state index is -0.369. The number of imide groups is 1. The summed E-state index contributed by atoms with van der Waals surface area (Å²) < 4.78 is 5.18. The maximum atomic E-state index is 13.3. The average molecular weight is 490 g/mol. The molecule has 3 atom stereocenters. The number of carbonyl (C=O) groups is 3. The monoisotopic (exact) mass is 489 g/mol. The van der Waals surface area contributed by atoms with E-state index >= 15 is 0 Å². The molecule has 0 bridgehead atoms. The van der Waals surface area contributed by atoms with Crippen LogP contribution in [0.25, 0.3) is 0 Å². The number of hydrogen-bond donors (Lipinski definition) is 1. The molecule has 0 aromatic heterocycles. The zero-order valence-corrected chi connectivity index (χ0v) is 20.9. The molecule has 36 heavy (non-hydrogen) atoms. The van der Waals surface area contributed by atoms with Crippen LogP contribution in [0.4, 0.5) is 4.79 Å². The predicted octanol–water partition coefficient (Wildman–Crippen LogP) is 4.01. The van der Waals surface area contributed by atoms with Crippen LogP contribution in [-0.4, -0.2) is 53.9 Å². The number of rotatable bonds is 6. The molecule has 7 heteroatoms. The SMILES string of the molecule is COc1ccc(CN2C(=O)NC3CC(C(=O)N4CCC(Cc5ccccc5)CC4)CCC3C2=O)cc1. The third-order valence-electron chi connectivity index (χ3n) is 8.13. The molecule has 4 amide bonds. The first kappa shape index (κ1) is 24.3. The Balaban J connectivity index is 1.14. The van der Waals surface area contributed by atoms with Gasteiger partial charge in [-0.15, -0.1) is 0 Å². The lowest BCUT2D eigenvalue weighted by molar-refractivity contribution is -0.143. The number of nitrogens with one attached hydrogen (secondary N) is 1. The van der Waals surface area contributed by atoms with Crippen LogP contribution in [0.3, 0.4) is 0 Å². The lowest BCUT2D eigenvalue weighted by Crippen LogP contribution is -2.61. The second kappa shape index (κ2) is 10.7. The number of piperidine rings is 1. The van der Waals surface area contributed by atoms with Gasteiger partial charge in [-0.3, -0.25) is 14.5 Å². The summed E-state index contributed by atoms with van der Waals surface area (Å²) in [5.74, 6) is 1.01. The highest BCUT2D eigenvalue weighted by molar-refractivity contribution is 5.99. The Labute approximate surface area is 212 Å². The van der Waals surface area contributed by atoms with Gasteiger partial charge in [0.15, 0.2) is 0 Å². The topological polar surface area (TPSA) is 79.0 Å². The molecule has 3 fully saturated rings. The van der Waals surface area contributed by atoms with Crippen molar-refractivity contribution in [3.05, 3.63) is 65.7 Å². The number of carbonyl (C=O) groups excluding carboxylic acids is 3. The molecule has 2 heterocycles. The Hall–Kier alpha value is -3.35. The van der Waals surface area contributed by atoms with Crippen LogP contribution in [-0.2, 0) is 22.6 Å². The van der Waals surface area contributed by atoms with Crippen LogP contribution in [0.1, 0.15) is 43.2 Å². The van der Waals surface area contributed by atoms with Gasteiger partial charge in [-0.1, -0.05) is 42.5 Å². The van der Waals surface area contributed by atoms with Gasteiger partial charge in [0.2, 0.25) is 11.8 Å². The fraction of sp³-hybridized carbons (Fsp3) is 0.483. The second-order valence-electron chi connectivity index (χ2n) is 10.4. The first-order valence-corrected chi connectivity index (χ1v) is 13.1. The zero-order chi connectivity index (χ0) is 25.1. The Morgan fingerprint density at radius 1 is 0.944 bits per heavy atom. The van der Waals surface area contributed by atoms with E-state index in [-0.39, 0.29) is 42.3 Å². The Morgan fingerprint density at radius 2 is 1.67 bits per heavy atom. The molecule has 2 aromatic carbocycles. The van der Waals surface area contributed by atoms with Crippen LogP contribution >= 0.6 is 0 Å². The lowest BCUT2D eigenvalue weighted by Gasteiger charge is -2.43. The third kappa shape index (κ3) is 5.25. The van der Waals surface area contributed by atoms with Gasteiger partial charge in [-0.05, 0) is 67.7 Å². The highest BCUT2D eigenvalue weighted by Crippen LogP contribution is 2.35. The summed E-state index contributed by atoms with van der Waals surface area (Å²) in [7, 11) is 1.60. The van der Waals surface area contributed by atoms with Gasteiger partial charge in [-0.2, -0.15) is 0 Å². The fourth-order valence-electron chi connectivity index (χ4n) is 6.01. The summed E-state index contributed by atoms with van der Waals surface area (Å²) in [4.78, 5) is 42.7. The van der Waals surface area contributed by atoms with Crippen LogP contribution in [0.15, 0.2) is 54.6 Å². The summed E-state index contributed by atoms with van der Waals surface area (Å²) in [6.45, 7) is 1.82. The standard InChI is InChI=1S/C29H35N3O4/c1-36-24-10-7-22(8-11-24)19-32-28(34)25-12-9-23(18-26(25)30-29(32)35)27(33)31-15-13-21(14-16-31)17-20-5-3-2-4-6-20/h2-8,10-11,21,23,25-26H,9,12-19H2,1H3,(H,30,35). The van der Waals surface area contributed by atoms with Gasteiger partial charge in [0.25, 0.3) is 0 Å². The van der Waals surface area contributed by atoms with Crippen LogP contribution in [0.2, 0.25) is 0 Å². The van der Waals surface area contributed by atoms with Gasteiger partial charge in [-0.25, -0.2) is 4.79 Å². The quantitative estimate of drug-likeness (QED) is 0.665. The number of likely N-dealkylation sites (tertiary alicyclic amines) is 1. The number of fused-ring (bicyclic) bond motifs is 1. The van der Waals surface area contributed by atoms with Gasteiger partial charge in [0.1, 0.15) is 5.75 Å². The predicted molar refractivity (Wildman–Crippen MR) is 136 cm³/mol. The largest absolute Gasteiger partial charge is 0.497 e. The summed E-state index contributed by atoms with van der Waals surface area (Å²) in [6, 6.07) is 17.3. The molecule has 1 aliphatic carbocycles. The van der Waals surface area contributed by atoms with E-state index in [2.05, 4.69) is 29.6 Å². The molecule has 0 radical (unpaired) electrons. The molecule has 2 aliphatic heterocycles. The highest BCUT2D eigenvalue weighted by Gasteiger charge is 2.46. The molecule has 0 spiro atoms. The minimum absolute atomic E-state index is 0.127. The summed E-state index contributed by atoms with van der Waals surface area (Å²) in [5.41, 5.74) is 2.23. The smallest absolute Gasteiger partial charge is 0.324 e. The molecule has 2 aromatic rings. The van der Waals surface area contributed by atoms with E-state index < -0.39 is 0 Å². The summed E-state index contributed by atoms with van der Waals surface area (Å²) in [6.07, 6.45) is 4.98. The fourth-order valence-corrected chi connectivity index (χ4v) is 6.01. The molecule has 1 saturated carbocycles. The molecule has 2 saturated heterocycles. The number of amides is 4. The lowest BCUT2D eigenvalue weighted by atomic mass is 9.75. The van der Waals surface area contributed by atoms with Crippen molar-refractivity contribution in [2.45, 2.75) is 51.1 Å². The van der Waals surface area contributed by atoms with Crippen molar-refractivity contribution in [1.29, 1.82) is 0 Å². The number of hydrogen-bond acceptors (Lipinski definition) is 4. The zero-order valence-electron chi connectivity index (χ0n) is 20.9. The van der Waals surface area contributed by atoms with Gasteiger partial charge >= 0.3 is 6.03 Å². The van der Waals surface area contributed by atoms with Crippen molar-refractivity contribution in [2.24, 2.45) is 17.8 Å². The molecular formula is C29H35N3O4. The Kier molecular flexibility index (Phi) is 7.25. The van der Waals surface area contributed by atoms with E-state index in [9.17, 15) is 14.4 Å². The van der Waals surface area contributed by atoms with Gasteiger partial charge < -0.3 is 15.0 Å². The average Bonchev–Trinajstić information content (AvgIpc) is 2.91. The van der Waals surface area contributed by atoms with E-state index in [0.29, 0.717) is 25.2 Å². The number of methoxy groups -OCH3 is 1. The number of ether oxygens (including phenoxy) is 1. The second-order valence-corrected chi connectivity index (χ2v) is 10.4. The molecule has 3 unspecified atom stereocenters. The van der Waals surface area contributed by atoms with E-state index in [1.165, 1.54) is 10.5 Å². The molecule has 3 aliphatic rings. The van der Waals surface area contributed by atoms with Crippen molar-refractivity contribution in [3.63, 3.8) is 0 Å². The maximum absolute atomic E-state index is 13.3.